The quantitative estimate of drug-likeness (QED) is 0.836. The summed E-state index contributed by atoms with van der Waals surface area (Å²) < 4.78 is 13.2. The molecule has 0 saturated carbocycles. The van der Waals surface area contributed by atoms with Crippen LogP contribution in [-0.4, -0.2) is 34.8 Å². The Kier molecular flexibility index (Phi) is 5.97. The topological polar surface area (TPSA) is 53.9 Å². The van der Waals surface area contributed by atoms with Crippen LogP contribution in [0.5, 0.6) is 0 Å². The van der Waals surface area contributed by atoms with Crippen molar-refractivity contribution in [2.75, 3.05) is 6.54 Å². The fraction of sp³-hybridized carbons (Fsp3) is 0.364. The Morgan fingerprint density at radius 3 is 2.50 bits per heavy atom. The molecule has 1 unspecified atom stereocenters. The van der Waals surface area contributed by atoms with Crippen LogP contribution in [0.1, 0.15) is 38.3 Å². The SMILES string of the molecule is CC(C)(C)NC(=O)N(Cc1ccc(F)cc1)CC1CC(c2ccccc2)=NO1. The predicted octanol–water partition coefficient (Wildman–Crippen LogP) is 4.33. The number of rotatable bonds is 5. The number of hydrogen-bond donors (Lipinski definition) is 1. The molecular weight excluding hydrogens is 357 g/mol. The molecule has 0 bridgehead atoms. The van der Waals surface area contributed by atoms with Crippen molar-refractivity contribution >= 4 is 11.7 Å². The number of carbonyl (C=O) groups excluding carboxylic acids is 1. The molecule has 1 aliphatic rings. The zero-order chi connectivity index (χ0) is 20.1. The van der Waals surface area contributed by atoms with E-state index in [0.29, 0.717) is 19.5 Å². The zero-order valence-corrected chi connectivity index (χ0v) is 16.5. The van der Waals surface area contributed by atoms with Gasteiger partial charge in [0.1, 0.15) is 5.82 Å². The number of urea groups is 1. The minimum atomic E-state index is -0.361. The lowest BCUT2D eigenvalue weighted by molar-refractivity contribution is 0.0580. The number of oxime groups is 1. The molecular formula is C22H26FN3O2. The molecule has 0 aromatic heterocycles. The van der Waals surface area contributed by atoms with Crippen molar-refractivity contribution in [3.05, 3.63) is 71.5 Å². The zero-order valence-electron chi connectivity index (χ0n) is 16.5. The first-order valence-corrected chi connectivity index (χ1v) is 9.40. The number of nitrogens with one attached hydrogen (secondary N) is 1. The largest absolute Gasteiger partial charge is 0.390 e. The second kappa shape index (κ2) is 8.42. The van der Waals surface area contributed by atoms with Crippen LogP contribution in [0.2, 0.25) is 0 Å². The summed E-state index contributed by atoms with van der Waals surface area (Å²) in [6, 6.07) is 15.9. The summed E-state index contributed by atoms with van der Waals surface area (Å²) in [7, 11) is 0. The van der Waals surface area contributed by atoms with E-state index in [1.807, 2.05) is 51.1 Å². The maximum atomic E-state index is 13.2. The summed E-state index contributed by atoms with van der Waals surface area (Å²) in [6.07, 6.45) is 0.411. The molecule has 1 heterocycles. The normalized spacial score (nSPS) is 16.3. The molecule has 2 amide bonds. The van der Waals surface area contributed by atoms with Gasteiger partial charge in [0.05, 0.1) is 12.3 Å². The first-order chi connectivity index (χ1) is 13.3. The van der Waals surface area contributed by atoms with Crippen molar-refractivity contribution in [2.24, 2.45) is 5.16 Å². The van der Waals surface area contributed by atoms with E-state index >= 15 is 0 Å². The van der Waals surface area contributed by atoms with Crippen molar-refractivity contribution in [1.29, 1.82) is 0 Å². The average molecular weight is 383 g/mol. The molecule has 0 aliphatic carbocycles. The van der Waals surface area contributed by atoms with Gasteiger partial charge in [0.25, 0.3) is 0 Å². The Bertz CT molecular complexity index is 829. The number of hydrogen-bond acceptors (Lipinski definition) is 3. The van der Waals surface area contributed by atoms with Crippen LogP contribution < -0.4 is 5.32 Å². The van der Waals surface area contributed by atoms with Crippen LogP contribution >= 0.6 is 0 Å². The third-order valence-corrected chi connectivity index (χ3v) is 4.32. The predicted molar refractivity (Wildman–Crippen MR) is 108 cm³/mol. The molecule has 6 heteroatoms. The van der Waals surface area contributed by atoms with Gasteiger partial charge >= 0.3 is 6.03 Å². The van der Waals surface area contributed by atoms with E-state index in [1.165, 1.54) is 12.1 Å². The van der Waals surface area contributed by atoms with Crippen molar-refractivity contribution in [3.8, 4) is 0 Å². The molecule has 0 fully saturated rings. The van der Waals surface area contributed by atoms with E-state index in [2.05, 4.69) is 10.5 Å². The Balaban J connectivity index is 1.68. The average Bonchev–Trinajstić information content (AvgIpc) is 3.11. The minimum Gasteiger partial charge on any atom is -0.390 e. The van der Waals surface area contributed by atoms with E-state index < -0.39 is 0 Å². The van der Waals surface area contributed by atoms with Gasteiger partial charge < -0.3 is 15.1 Å². The number of amides is 2. The lowest BCUT2D eigenvalue weighted by atomic mass is 10.0. The third-order valence-electron chi connectivity index (χ3n) is 4.32. The maximum absolute atomic E-state index is 13.2. The summed E-state index contributed by atoms with van der Waals surface area (Å²) in [6.45, 7) is 6.55. The van der Waals surface area contributed by atoms with Crippen LogP contribution in [0.25, 0.3) is 0 Å². The molecule has 1 aliphatic heterocycles. The Labute approximate surface area is 165 Å². The second-order valence-electron chi connectivity index (χ2n) is 8.02. The molecule has 1 N–H and O–H groups in total. The summed E-state index contributed by atoms with van der Waals surface area (Å²) in [4.78, 5) is 20.1. The molecule has 2 aromatic carbocycles. The van der Waals surface area contributed by atoms with Crippen LogP contribution in [0.15, 0.2) is 59.8 Å². The lowest BCUT2D eigenvalue weighted by Crippen LogP contribution is -2.50. The van der Waals surface area contributed by atoms with Gasteiger partial charge in [-0.3, -0.25) is 0 Å². The summed E-state index contributed by atoms with van der Waals surface area (Å²) in [5, 5.41) is 7.19. The molecule has 148 valence electrons. The van der Waals surface area contributed by atoms with Crippen molar-refractivity contribution in [3.63, 3.8) is 0 Å². The van der Waals surface area contributed by atoms with Gasteiger partial charge in [0.2, 0.25) is 0 Å². The monoisotopic (exact) mass is 383 g/mol. The highest BCUT2D eigenvalue weighted by molar-refractivity contribution is 6.01. The number of benzene rings is 2. The summed E-state index contributed by atoms with van der Waals surface area (Å²) >= 11 is 0. The molecule has 28 heavy (non-hydrogen) atoms. The Hall–Kier alpha value is -2.89. The molecule has 0 radical (unpaired) electrons. The standard InChI is InChI=1S/C22H26FN3O2/c1-22(2,3)24-21(27)26(14-16-9-11-18(23)12-10-16)15-19-13-20(25-28-19)17-7-5-4-6-8-17/h4-12,19H,13-15H2,1-3H3,(H,24,27). The molecule has 1 atom stereocenters. The highest BCUT2D eigenvalue weighted by Gasteiger charge is 2.28. The van der Waals surface area contributed by atoms with Gasteiger partial charge in [0, 0.05) is 18.5 Å². The molecule has 2 aromatic rings. The minimum absolute atomic E-state index is 0.186. The van der Waals surface area contributed by atoms with E-state index in [0.717, 1.165) is 16.8 Å². The number of nitrogens with zero attached hydrogens (tertiary/aromatic N) is 2. The van der Waals surface area contributed by atoms with Crippen LogP contribution in [0, 0.1) is 5.82 Å². The summed E-state index contributed by atoms with van der Waals surface area (Å²) in [5.41, 5.74) is 2.39. The smallest absolute Gasteiger partial charge is 0.318 e. The van der Waals surface area contributed by atoms with Gasteiger partial charge in [-0.1, -0.05) is 47.6 Å². The van der Waals surface area contributed by atoms with Gasteiger partial charge in [-0.15, -0.1) is 0 Å². The third kappa shape index (κ3) is 5.55. The van der Waals surface area contributed by atoms with Gasteiger partial charge in [0.15, 0.2) is 6.10 Å². The fourth-order valence-corrected chi connectivity index (χ4v) is 3.00. The second-order valence-corrected chi connectivity index (χ2v) is 8.02. The molecule has 0 saturated heterocycles. The molecule has 5 nitrogen and oxygen atoms in total. The van der Waals surface area contributed by atoms with E-state index in [9.17, 15) is 9.18 Å². The first-order valence-electron chi connectivity index (χ1n) is 9.40. The van der Waals surface area contributed by atoms with Crippen LogP contribution in [0.3, 0.4) is 0 Å². The Morgan fingerprint density at radius 2 is 1.86 bits per heavy atom. The highest BCUT2D eigenvalue weighted by atomic mass is 19.1. The van der Waals surface area contributed by atoms with Crippen molar-refractivity contribution in [2.45, 2.75) is 45.4 Å². The Morgan fingerprint density at radius 1 is 1.18 bits per heavy atom. The van der Waals surface area contributed by atoms with E-state index in [1.54, 1.807) is 17.0 Å². The van der Waals surface area contributed by atoms with Crippen LogP contribution in [0.4, 0.5) is 9.18 Å². The first kappa shape index (κ1) is 19.9. The van der Waals surface area contributed by atoms with Crippen molar-refractivity contribution in [1.82, 2.24) is 10.2 Å². The number of carbonyl (C=O) groups is 1. The molecule has 0 spiro atoms. The van der Waals surface area contributed by atoms with Gasteiger partial charge in [-0.2, -0.15) is 0 Å². The lowest BCUT2D eigenvalue weighted by Gasteiger charge is -2.29. The van der Waals surface area contributed by atoms with Gasteiger partial charge in [-0.25, -0.2) is 9.18 Å². The fourth-order valence-electron chi connectivity index (χ4n) is 3.00. The van der Waals surface area contributed by atoms with Gasteiger partial charge in [-0.05, 0) is 44.0 Å². The highest BCUT2D eigenvalue weighted by Crippen LogP contribution is 2.19. The molecule has 3 rings (SSSR count). The van der Waals surface area contributed by atoms with Crippen molar-refractivity contribution < 1.29 is 14.0 Å². The van der Waals surface area contributed by atoms with E-state index in [-0.39, 0.29) is 23.5 Å². The van der Waals surface area contributed by atoms with E-state index in [4.69, 9.17) is 4.84 Å². The maximum Gasteiger partial charge on any atom is 0.318 e. The number of halogens is 1. The summed E-state index contributed by atoms with van der Waals surface area (Å²) in [5.74, 6) is -0.297. The van der Waals surface area contributed by atoms with Crippen LogP contribution in [-0.2, 0) is 11.4 Å².